The SMILES string of the molecule is O=C(c1ncc[nH]1)N1CCN(c2ccc(-c3ccc(C(F)(F)F)cc3)c(-c3ccncc3Cl)n2)CC1. The zero-order valence-corrected chi connectivity index (χ0v) is 19.6. The van der Waals surface area contributed by atoms with E-state index in [0.29, 0.717) is 65.2 Å². The third kappa shape index (κ3) is 4.76. The standard InChI is InChI=1S/C25H20ClF3N6O/c26-20-15-30-8-7-19(20)22-18(16-1-3-17(4-2-16)25(27,28)29)5-6-21(33-22)34-11-13-35(14-12-34)24(36)23-31-9-10-32-23/h1-10,15H,11-14H2,(H,31,32). The molecule has 0 radical (unpaired) electrons. The molecular formula is C25H20ClF3N6O. The maximum Gasteiger partial charge on any atom is 0.416 e. The van der Waals surface area contributed by atoms with Crippen LogP contribution >= 0.6 is 11.6 Å². The lowest BCUT2D eigenvalue weighted by molar-refractivity contribution is -0.137. The maximum absolute atomic E-state index is 13.1. The molecule has 36 heavy (non-hydrogen) atoms. The lowest BCUT2D eigenvalue weighted by Gasteiger charge is -2.35. The number of hydrogen-bond donors (Lipinski definition) is 1. The van der Waals surface area contributed by atoms with E-state index < -0.39 is 11.7 Å². The molecule has 1 aromatic carbocycles. The first kappa shape index (κ1) is 23.8. The van der Waals surface area contributed by atoms with Gasteiger partial charge < -0.3 is 14.8 Å². The minimum atomic E-state index is -4.42. The zero-order chi connectivity index (χ0) is 25.3. The maximum atomic E-state index is 13.1. The summed E-state index contributed by atoms with van der Waals surface area (Å²) in [6, 6.07) is 10.3. The van der Waals surface area contributed by atoms with E-state index in [4.69, 9.17) is 16.6 Å². The monoisotopic (exact) mass is 512 g/mol. The van der Waals surface area contributed by atoms with Gasteiger partial charge in [-0.15, -0.1) is 0 Å². The van der Waals surface area contributed by atoms with Crippen LogP contribution in [0.25, 0.3) is 22.4 Å². The van der Waals surface area contributed by atoms with Crippen molar-refractivity contribution in [1.82, 2.24) is 24.8 Å². The molecule has 1 amide bonds. The highest BCUT2D eigenvalue weighted by molar-refractivity contribution is 6.33. The van der Waals surface area contributed by atoms with Crippen molar-refractivity contribution in [3.05, 3.63) is 83.7 Å². The Morgan fingerprint density at radius 2 is 1.69 bits per heavy atom. The normalized spacial score (nSPS) is 14.2. The van der Waals surface area contributed by atoms with Gasteiger partial charge in [-0.1, -0.05) is 23.7 Å². The van der Waals surface area contributed by atoms with Gasteiger partial charge in [0.05, 0.1) is 16.3 Å². The van der Waals surface area contributed by atoms with Crippen LogP contribution in [0.2, 0.25) is 5.02 Å². The number of hydrogen-bond acceptors (Lipinski definition) is 5. The van der Waals surface area contributed by atoms with Gasteiger partial charge in [-0.25, -0.2) is 9.97 Å². The third-order valence-corrected chi connectivity index (χ3v) is 6.32. The number of nitrogens with one attached hydrogen (secondary N) is 1. The second-order valence-electron chi connectivity index (χ2n) is 8.21. The van der Waals surface area contributed by atoms with Crippen molar-refractivity contribution in [2.75, 3.05) is 31.1 Å². The van der Waals surface area contributed by atoms with Crippen LogP contribution in [-0.2, 0) is 6.18 Å². The summed E-state index contributed by atoms with van der Waals surface area (Å²) in [6.45, 7) is 2.10. The third-order valence-electron chi connectivity index (χ3n) is 6.02. The van der Waals surface area contributed by atoms with Crippen molar-refractivity contribution >= 4 is 23.3 Å². The number of carbonyl (C=O) groups excluding carboxylic acids is 1. The molecule has 0 saturated carbocycles. The fourth-order valence-electron chi connectivity index (χ4n) is 4.14. The Bertz CT molecular complexity index is 1370. The number of H-pyrrole nitrogens is 1. The molecule has 4 heterocycles. The van der Waals surface area contributed by atoms with Crippen LogP contribution in [0.3, 0.4) is 0 Å². The van der Waals surface area contributed by atoms with Crippen LogP contribution in [0.4, 0.5) is 19.0 Å². The molecule has 7 nitrogen and oxygen atoms in total. The Morgan fingerprint density at radius 1 is 0.944 bits per heavy atom. The van der Waals surface area contributed by atoms with Crippen LogP contribution in [-0.4, -0.2) is 56.9 Å². The number of amides is 1. The first-order chi connectivity index (χ1) is 17.3. The highest BCUT2D eigenvalue weighted by atomic mass is 35.5. The Hall–Kier alpha value is -3.92. The predicted octanol–water partition coefficient (Wildman–Crippen LogP) is 5.17. The van der Waals surface area contributed by atoms with Crippen molar-refractivity contribution in [1.29, 1.82) is 0 Å². The van der Waals surface area contributed by atoms with Gasteiger partial charge in [0.2, 0.25) is 0 Å². The van der Waals surface area contributed by atoms with E-state index in [1.54, 1.807) is 23.4 Å². The van der Waals surface area contributed by atoms with E-state index in [-0.39, 0.29) is 5.91 Å². The largest absolute Gasteiger partial charge is 0.416 e. The molecule has 0 atom stereocenters. The van der Waals surface area contributed by atoms with E-state index >= 15 is 0 Å². The van der Waals surface area contributed by atoms with E-state index in [1.807, 2.05) is 12.1 Å². The number of carbonyl (C=O) groups is 1. The summed E-state index contributed by atoms with van der Waals surface area (Å²) in [5.74, 6) is 0.824. The number of aromatic nitrogens is 4. The van der Waals surface area contributed by atoms with Crippen molar-refractivity contribution in [3.8, 4) is 22.4 Å². The molecule has 4 aromatic rings. The fourth-order valence-corrected chi connectivity index (χ4v) is 4.35. The predicted molar refractivity (Wildman–Crippen MR) is 130 cm³/mol. The molecule has 1 aliphatic heterocycles. The summed E-state index contributed by atoms with van der Waals surface area (Å²) in [5.41, 5.74) is 1.66. The first-order valence-electron chi connectivity index (χ1n) is 11.1. The molecule has 11 heteroatoms. The second kappa shape index (κ2) is 9.62. The quantitative estimate of drug-likeness (QED) is 0.408. The molecule has 1 fully saturated rings. The molecule has 184 valence electrons. The molecular weight excluding hydrogens is 493 g/mol. The van der Waals surface area contributed by atoms with Gasteiger partial charge in [-0.3, -0.25) is 9.78 Å². The summed E-state index contributed by atoms with van der Waals surface area (Å²) in [5, 5.41) is 0.379. The fraction of sp³-hybridized carbons (Fsp3) is 0.200. The van der Waals surface area contributed by atoms with E-state index in [2.05, 4.69) is 19.9 Å². The van der Waals surface area contributed by atoms with Gasteiger partial charge in [-0.2, -0.15) is 13.2 Å². The number of rotatable bonds is 4. The Balaban J connectivity index is 1.45. The summed E-state index contributed by atoms with van der Waals surface area (Å²) >= 11 is 6.43. The lowest BCUT2D eigenvalue weighted by atomic mass is 9.98. The number of alkyl halides is 3. The number of benzene rings is 1. The molecule has 3 aromatic heterocycles. The average molecular weight is 513 g/mol. The van der Waals surface area contributed by atoms with Crippen LogP contribution in [0.5, 0.6) is 0 Å². The Kier molecular flexibility index (Phi) is 6.36. The Labute approximate surface area is 209 Å². The van der Waals surface area contributed by atoms with Gasteiger partial charge in [0.25, 0.3) is 5.91 Å². The summed E-state index contributed by atoms with van der Waals surface area (Å²) in [7, 11) is 0. The molecule has 5 rings (SSSR count). The van der Waals surface area contributed by atoms with Gasteiger partial charge in [0.15, 0.2) is 5.82 Å². The van der Waals surface area contributed by atoms with Gasteiger partial charge >= 0.3 is 6.18 Å². The van der Waals surface area contributed by atoms with Crippen molar-refractivity contribution in [3.63, 3.8) is 0 Å². The molecule has 0 bridgehead atoms. The molecule has 1 N–H and O–H groups in total. The second-order valence-corrected chi connectivity index (χ2v) is 8.62. The number of piperazine rings is 1. The van der Waals surface area contributed by atoms with Gasteiger partial charge in [0, 0.05) is 62.1 Å². The average Bonchev–Trinajstić information content (AvgIpc) is 3.43. The van der Waals surface area contributed by atoms with Gasteiger partial charge in [0.1, 0.15) is 5.82 Å². The number of imidazole rings is 1. The topological polar surface area (TPSA) is 78.0 Å². The summed E-state index contributed by atoms with van der Waals surface area (Å²) in [4.78, 5) is 32.1. The summed E-state index contributed by atoms with van der Waals surface area (Å²) in [6.07, 6.45) is 1.82. The smallest absolute Gasteiger partial charge is 0.353 e. The summed E-state index contributed by atoms with van der Waals surface area (Å²) < 4.78 is 39.2. The van der Waals surface area contributed by atoms with Crippen LogP contribution in [0, 0.1) is 0 Å². The molecule has 0 aliphatic carbocycles. The number of anilines is 1. The van der Waals surface area contributed by atoms with E-state index in [9.17, 15) is 18.0 Å². The van der Waals surface area contributed by atoms with E-state index in [1.165, 1.54) is 24.5 Å². The van der Waals surface area contributed by atoms with Crippen LogP contribution in [0.1, 0.15) is 16.2 Å². The van der Waals surface area contributed by atoms with Crippen molar-refractivity contribution in [2.45, 2.75) is 6.18 Å². The highest BCUT2D eigenvalue weighted by Gasteiger charge is 2.30. The van der Waals surface area contributed by atoms with E-state index in [0.717, 1.165) is 12.1 Å². The van der Waals surface area contributed by atoms with Crippen molar-refractivity contribution in [2.24, 2.45) is 0 Å². The first-order valence-corrected chi connectivity index (χ1v) is 11.5. The highest BCUT2D eigenvalue weighted by Crippen LogP contribution is 2.37. The van der Waals surface area contributed by atoms with Crippen molar-refractivity contribution < 1.29 is 18.0 Å². The van der Waals surface area contributed by atoms with Crippen LogP contribution in [0.15, 0.2) is 67.3 Å². The van der Waals surface area contributed by atoms with Crippen LogP contribution < -0.4 is 4.90 Å². The molecule has 1 aliphatic rings. The zero-order valence-electron chi connectivity index (χ0n) is 18.8. The number of aromatic amines is 1. The lowest BCUT2D eigenvalue weighted by Crippen LogP contribution is -2.49. The minimum absolute atomic E-state index is 0.158. The number of halogens is 4. The van der Waals surface area contributed by atoms with Gasteiger partial charge in [-0.05, 0) is 35.9 Å². The molecule has 1 saturated heterocycles. The Morgan fingerprint density at radius 3 is 2.33 bits per heavy atom. The number of nitrogens with zero attached hydrogens (tertiary/aromatic N) is 5. The number of pyridine rings is 2. The molecule has 0 spiro atoms. The minimum Gasteiger partial charge on any atom is -0.353 e. The molecule has 0 unspecified atom stereocenters.